The summed E-state index contributed by atoms with van der Waals surface area (Å²) in [5.41, 5.74) is 6.58. The van der Waals surface area contributed by atoms with Crippen LogP contribution in [0.15, 0.2) is 46.9 Å². The zero-order valence-corrected chi connectivity index (χ0v) is 14.2. The van der Waals surface area contributed by atoms with Crippen molar-refractivity contribution in [2.45, 2.75) is 32.2 Å². The Morgan fingerprint density at radius 1 is 1.18 bits per heavy atom. The predicted octanol–water partition coefficient (Wildman–Crippen LogP) is 5.73. The fourth-order valence-electron chi connectivity index (χ4n) is 3.52. The molecular formula is C19H19BrN2. The van der Waals surface area contributed by atoms with Crippen molar-refractivity contribution in [2.24, 2.45) is 0 Å². The SMILES string of the molecule is Cc1cccc(NC2CCCc3c2[nH]c2ccc(Br)cc32)c1. The molecule has 0 bridgehead atoms. The molecule has 2 N–H and O–H groups in total. The van der Waals surface area contributed by atoms with Crippen molar-refractivity contribution in [1.29, 1.82) is 0 Å². The van der Waals surface area contributed by atoms with Gasteiger partial charge in [-0.1, -0.05) is 28.1 Å². The fourth-order valence-corrected chi connectivity index (χ4v) is 3.88. The van der Waals surface area contributed by atoms with Crippen LogP contribution in [0.5, 0.6) is 0 Å². The van der Waals surface area contributed by atoms with E-state index in [1.165, 1.54) is 46.3 Å². The van der Waals surface area contributed by atoms with Crippen LogP contribution in [0, 0.1) is 6.92 Å². The molecule has 0 amide bonds. The number of halogens is 1. The molecule has 0 fully saturated rings. The molecule has 1 heterocycles. The zero-order valence-electron chi connectivity index (χ0n) is 12.6. The highest BCUT2D eigenvalue weighted by Gasteiger charge is 2.24. The van der Waals surface area contributed by atoms with Crippen LogP contribution in [0.3, 0.4) is 0 Å². The van der Waals surface area contributed by atoms with Gasteiger partial charge in [0.25, 0.3) is 0 Å². The monoisotopic (exact) mass is 354 g/mol. The number of benzene rings is 2. The van der Waals surface area contributed by atoms with Gasteiger partial charge in [0.2, 0.25) is 0 Å². The minimum absolute atomic E-state index is 0.372. The highest BCUT2D eigenvalue weighted by molar-refractivity contribution is 9.10. The van der Waals surface area contributed by atoms with Crippen molar-refractivity contribution in [3.05, 3.63) is 63.8 Å². The average molecular weight is 355 g/mol. The van der Waals surface area contributed by atoms with Crippen LogP contribution in [0.25, 0.3) is 10.9 Å². The van der Waals surface area contributed by atoms with E-state index in [0.29, 0.717) is 6.04 Å². The average Bonchev–Trinajstić information content (AvgIpc) is 2.87. The zero-order chi connectivity index (χ0) is 15.1. The lowest BCUT2D eigenvalue weighted by Crippen LogP contribution is -2.17. The number of aromatic amines is 1. The summed E-state index contributed by atoms with van der Waals surface area (Å²) < 4.78 is 1.15. The van der Waals surface area contributed by atoms with Crippen molar-refractivity contribution in [3.8, 4) is 0 Å². The third kappa shape index (κ3) is 2.44. The van der Waals surface area contributed by atoms with Gasteiger partial charge in [-0.3, -0.25) is 0 Å². The van der Waals surface area contributed by atoms with Crippen LogP contribution in [0.2, 0.25) is 0 Å². The van der Waals surface area contributed by atoms with Crippen LogP contribution in [0.1, 0.15) is 35.7 Å². The quantitative estimate of drug-likeness (QED) is 0.604. The van der Waals surface area contributed by atoms with Gasteiger partial charge in [0.1, 0.15) is 0 Å². The summed E-state index contributed by atoms with van der Waals surface area (Å²) in [5, 5.41) is 5.07. The number of fused-ring (bicyclic) bond motifs is 3. The molecule has 4 rings (SSSR count). The van der Waals surface area contributed by atoms with Crippen molar-refractivity contribution in [2.75, 3.05) is 5.32 Å². The van der Waals surface area contributed by atoms with E-state index in [2.05, 4.69) is 75.6 Å². The first-order valence-electron chi connectivity index (χ1n) is 7.84. The molecule has 22 heavy (non-hydrogen) atoms. The first kappa shape index (κ1) is 13.9. The maximum atomic E-state index is 3.71. The Kier molecular flexibility index (Phi) is 3.45. The standard InChI is InChI=1S/C19H19BrN2/c1-12-4-2-5-14(10-12)21-18-7-3-6-15-16-11-13(20)8-9-17(16)22-19(15)18/h2,4-5,8-11,18,21-22H,3,6-7H2,1H3. The minimum Gasteiger partial charge on any atom is -0.377 e. The number of anilines is 1. The van der Waals surface area contributed by atoms with E-state index in [1.807, 2.05) is 0 Å². The Balaban J connectivity index is 1.74. The summed E-state index contributed by atoms with van der Waals surface area (Å²) in [6.45, 7) is 2.14. The maximum Gasteiger partial charge on any atom is 0.0666 e. The van der Waals surface area contributed by atoms with E-state index in [1.54, 1.807) is 0 Å². The summed E-state index contributed by atoms with van der Waals surface area (Å²) in [6, 6.07) is 15.5. The van der Waals surface area contributed by atoms with E-state index < -0.39 is 0 Å². The molecule has 2 nitrogen and oxygen atoms in total. The lowest BCUT2D eigenvalue weighted by Gasteiger charge is -2.25. The third-order valence-electron chi connectivity index (χ3n) is 4.53. The summed E-state index contributed by atoms with van der Waals surface area (Å²) in [5.74, 6) is 0. The van der Waals surface area contributed by atoms with Gasteiger partial charge in [0, 0.05) is 26.8 Å². The number of nitrogens with one attached hydrogen (secondary N) is 2. The molecule has 1 aliphatic carbocycles. The molecule has 1 aromatic heterocycles. The molecule has 0 radical (unpaired) electrons. The Hall–Kier alpha value is -1.74. The molecular weight excluding hydrogens is 336 g/mol. The molecule has 1 aliphatic rings. The van der Waals surface area contributed by atoms with Crippen molar-refractivity contribution in [3.63, 3.8) is 0 Å². The highest BCUT2D eigenvalue weighted by atomic mass is 79.9. The lowest BCUT2D eigenvalue weighted by atomic mass is 9.91. The molecule has 0 saturated carbocycles. The van der Waals surface area contributed by atoms with Crippen LogP contribution in [-0.4, -0.2) is 4.98 Å². The van der Waals surface area contributed by atoms with Gasteiger partial charge in [0.05, 0.1) is 6.04 Å². The van der Waals surface area contributed by atoms with Crippen molar-refractivity contribution >= 4 is 32.5 Å². The number of rotatable bonds is 2. The molecule has 3 heteroatoms. The number of aromatic nitrogens is 1. The van der Waals surface area contributed by atoms with Crippen molar-refractivity contribution < 1.29 is 0 Å². The van der Waals surface area contributed by atoms with Gasteiger partial charge in [-0.15, -0.1) is 0 Å². The van der Waals surface area contributed by atoms with Gasteiger partial charge in [-0.05, 0) is 67.6 Å². The normalized spacial score (nSPS) is 17.5. The Bertz CT molecular complexity index is 835. The molecule has 0 aliphatic heterocycles. The smallest absolute Gasteiger partial charge is 0.0666 e. The number of H-pyrrole nitrogens is 1. The van der Waals surface area contributed by atoms with Crippen LogP contribution < -0.4 is 5.32 Å². The highest BCUT2D eigenvalue weighted by Crippen LogP contribution is 2.37. The minimum atomic E-state index is 0.372. The molecule has 1 atom stereocenters. The first-order chi connectivity index (χ1) is 10.7. The third-order valence-corrected chi connectivity index (χ3v) is 5.02. The topological polar surface area (TPSA) is 27.8 Å². The second-order valence-electron chi connectivity index (χ2n) is 6.17. The van der Waals surface area contributed by atoms with Gasteiger partial charge in [-0.25, -0.2) is 0 Å². The predicted molar refractivity (Wildman–Crippen MR) is 96.5 cm³/mol. The molecule has 0 spiro atoms. The van der Waals surface area contributed by atoms with Gasteiger partial charge >= 0.3 is 0 Å². The Morgan fingerprint density at radius 2 is 2.09 bits per heavy atom. The van der Waals surface area contributed by atoms with Crippen LogP contribution >= 0.6 is 15.9 Å². The van der Waals surface area contributed by atoms with Crippen molar-refractivity contribution in [1.82, 2.24) is 4.98 Å². The second-order valence-corrected chi connectivity index (χ2v) is 7.08. The largest absolute Gasteiger partial charge is 0.377 e. The van der Waals surface area contributed by atoms with Crippen LogP contribution in [0.4, 0.5) is 5.69 Å². The maximum absolute atomic E-state index is 3.71. The Morgan fingerprint density at radius 3 is 2.95 bits per heavy atom. The fraction of sp³-hybridized carbons (Fsp3) is 0.263. The molecule has 2 aromatic carbocycles. The number of hydrogen-bond donors (Lipinski definition) is 2. The second kappa shape index (κ2) is 5.47. The molecule has 112 valence electrons. The van der Waals surface area contributed by atoms with E-state index in [9.17, 15) is 0 Å². The molecule has 1 unspecified atom stereocenters. The van der Waals surface area contributed by atoms with E-state index >= 15 is 0 Å². The summed E-state index contributed by atoms with van der Waals surface area (Å²) in [4.78, 5) is 3.64. The first-order valence-corrected chi connectivity index (χ1v) is 8.63. The van der Waals surface area contributed by atoms with Crippen LogP contribution in [-0.2, 0) is 6.42 Å². The summed E-state index contributed by atoms with van der Waals surface area (Å²) >= 11 is 3.59. The summed E-state index contributed by atoms with van der Waals surface area (Å²) in [6.07, 6.45) is 3.57. The Labute approximate surface area is 139 Å². The number of hydrogen-bond acceptors (Lipinski definition) is 1. The summed E-state index contributed by atoms with van der Waals surface area (Å²) in [7, 11) is 0. The molecule has 3 aromatic rings. The van der Waals surface area contributed by atoms with Gasteiger partial charge in [-0.2, -0.15) is 0 Å². The van der Waals surface area contributed by atoms with Gasteiger partial charge in [0.15, 0.2) is 0 Å². The number of aryl methyl sites for hydroxylation is 2. The van der Waals surface area contributed by atoms with E-state index in [0.717, 1.165) is 10.9 Å². The van der Waals surface area contributed by atoms with E-state index in [4.69, 9.17) is 0 Å². The molecule has 0 saturated heterocycles. The van der Waals surface area contributed by atoms with Gasteiger partial charge < -0.3 is 10.3 Å². The lowest BCUT2D eigenvalue weighted by molar-refractivity contribution is 0.592. The van der Waals surface area contributed by atoms with E-state index in [-0.39, 0.29) is 0 Å².